The van der Waals surface area contributed by atoms with Crippen molar-refractivity contribution in [1.29, 1.82) is 0 Å². The highest BCUT2D eigenvalue weighted by molar-refractivity contribution is 7.93. The van der Waals surface area contributed by atoms with E-state index in [1.165, 1.54) is 0 Å². The molecule has 3 aliphatic heterocycles. The molecule has 3 saturated heterocycles. The van der Waals surface area contributed by atoms with Crippen LogP contribution in [0.4, 0.5) is 0 Å². The molecule has 132 valence electrons. The van der Waals surface area contributed by atoms with Gasteiger partial charge in [0.1, 0.15) is 0 Å². The van der Waals surface area contributed by atoms with E-state index in [4.69, 9.17) is 9.47 Å². The summed E-state index contributed by atoms with van der Waals surface area (Å²) in [4.78, 5) is 14.7. The van der Waals surface area contributed by atoms with Crippen molar-refractivity contribution in [2.24, 2.45) is 10.3 Å². The van der Waals surface area contributed by atoms with Gasteiger partial charge in [-0.3, -0.25) is 4.79 Å². The maximum atomic E-state index is 12.8. The van der Waals surface area contributed by atoms with Gasteiger partial charge in [0.05, 0.1) is 24.2 Å². The molecule has 2 unspecified atom stereocenters. The van der Waals surface area contributed by atoms with Crippen LogP contribution in [-0.4, -0.2) is 71.1 Å². The number of carbonyl (C=O) groups excluding carboxylic acids is 1. The number of rotatable bonds is 2. The van der Waals surface area contributed by atoms with E-state index in [0.29, 0.717) is 44.4 Å². The highest BCUT2D eigenvalue weighted by Crippen LogP contribution is 2.33. The second-order valence-corrected chi connectivity index (χ2v) is 9.51. The molecule has 0 aromatic rings. The first-order valence-corrected chi connectivity index (χ1v) is 10.5. The summed E-state index contributed by atoms with van der Waals surface area (Å²) < 4.78 is 28.5. The topological polar surface area (TPSA) is 68.2 Å². The van der Waals surface area contributed by atoms with Crippen molar-refractivity contribution >= 4 is 15.6 Å². The van der Waals surface area contributed by atoms with Crippen molar-refractivity contribution in [3.63, 3.8) is 0 Å². The molecule has 0 aromatic heterocycles. The lowest BCUT2D eigenvalue weighted by Gasteiger charge is -2.46. The zero-order valence-corrected chi connectivity index (χ0v) is 15.0. The molecule has 0 radical (unpaired) electrons. The third kappa shape index (κ3) is 3.56. The highest BCUT2D eigenvalue weighted by atomic mass is 32.2. The average Bonchev–Trinajstić information content (AvgIpc) is 2.97. The third-order valence-electron chi connectivity index (χ3n) is 5.37. The summed E-state index contributed by atoms with van der Waals surface area (Å²) in [5.74, 6) is 1.35. The molecule has 0 saturated carbocycles. The number of nitrogens with zero attached hydrogens (tertiary/aromatic N) is 2. The molecule has 6 nitrogen and oxygen atoms in total. The molecule has 3 heterocycles. The maximum absolute atomic E-state index is 12.8. The Hall–Kier alpha value is -0.660. The molecule has 0 aliphatic carbocycles. The van der Waals surface area contributed by atoms with Crippen molar-refractivity contribution in [3.05, 3.63) is 0 Å². The second kappa shape index (κ2) is 6.69. The van der Waals surface area contributed by atoms with Crippen LogP contribution in [0.3, 0.4) is 0 Å². The fourth-order valence-corrected chi connectivity index (χ4v) is 6.22. The molecule has 23 heavy (non-hydrogen) atoms. The van der Waals surface area contributed by atoms with Gasteiger partial charge >= 0.3 is 0 Å². The fraction of sp³-hybridized carbons (Fsp3) is 0.938. The molecule has 1 amide bonds. The van der Waals surface area contributed by atoms with Gasteiger partial charge in [-0.2, -0.15) is 0 Å². The van der Waals surface area contributed by atoms with Gasteiger partial charge in [0.25, 0.3) is 0 Å². The molecule has 1 spiro atoms. The van der Waals surface area contributed by atoms with E-state index in [-0.39, 0.29) is 23.5 Å². The first kappa shape index (κ1) is 17.2. The van der Waals surface area contributed by atoms with Crippen LogP contribution in [0, 0.1) is 5.92 Å². The van der Waals surface area contributed by atoms with E-state index < -0.39 is 9.73 Å². The molecule has 0 bridgehead atoms. The SMILES string of the molecule is CCN=S1(=O)CCC2(CC1)CN(C(=O)C1CCOC1C)CCO2. The molecular formula is C16H28N2O4S. The van der Waals surface area contributed by atoms with Crippen molar-refractivity contribution in [2.45, 2.75) is 44.8 Å². The van der Waals surface area contributed by atoms with Crippen LogP contribution < -0.4 is 0 Å². The maximum Gasteiger partial charge on any atom is 0.228 e. The van der Waals surface area contributed by atoms with Crippen LogP contribution in [0.15, 0.2) is 4.36 Å². The number of carbonyl (C=O) groups is 1. The first-order chi connectivity index (χ1) is 11.0. The minimum atomic E-state index is -2.06. The monoisotopic (exact) mass is 344 g/mol. The Morgan fingerprint density at radius 2 is 2.09 bits per heavy atom. The van der Waals surface area contributed by atoms with Gasteiger partial charge in [0.15, 0.2) is 0 Å². The van der Waals surface area contributed by atoms with E-state index in [1.807, 2.05) is 18.7 Å². The quantitative estimate of drug-likeness (QED) is 0.757. The third-order valence-corrected chi connectivity index (χ3v) is 7.78. The largest absolute Gasteiger partial charge is 0.378 e. The van der Waals surface area contributed by atoms with Crippen LogP contribution in [0.5, 0.6) is 0 Å². The Bertz CT molecular complexity index is 556. The lowest BCUT2D eigenvalue weighted by Crippen LogP contribution is -2.57. The zero-order valence-electron chi connectivity index (χ0n) is 14.2. The Balaban J connectivity index is 1.66. The molecular weight excluding hydrogens is 316 g/mol. The van der Waals surface area contributed by atoms with Gasteiger partial charge in [-0.05, 0) is 33.1 Å². The molecule has 0 aromatic carbocycles. The predicted molar refractivity (Wildman–Crippen MR) is 88.9 cm³/mol. The van der Waals surface area contributed by atoms with E-state index in [0.717, 1.165) is 19.3 Å². The number of hydrogen-bond donors (Lipinski definition) is 0. The summed E-state index contributed by atoms with van der Waals surface area (Å²) in [6.45, 7) is 7.03. The Morgan fingerprint density at radius 3 is 2.70 bits per heavy atom. The molecule has 0 N–H and O–H groups in total. The average molecular weight is 344 g/mol. The van der Waals surface area contributed by atoms with Gasteiger partial charge in [-0.25, -0.2) is 8.57 Å². The van der Waals surface area contributed by atoms with Crippen molar-refractivity contribution in [3.8, 4) is 0 Å². The van der Waals surface area contributed by atoms with Crippen LogP contribution in [-0.2, 0) is 24.0 Å². The summed E-state index contributed by atoms with van der Waals surface area (Å²) in [6.07, 6.45) is 2.29. The lowest BCUT2D eigenvalue weighted by molar-refractivity contribution is -0.157. The molecule has 3 fully saturated rings. The van der Waals surface area contributed by atoms with Gasteiger partial charge in [-0.1, -0.05) is 0 Å². The molecule has 3 aliphatic rings. The number of hydrogen-bond acceptors (Lipinski definition) is 5. The van der Waals surface area contributed by atoms with Crippen molar-refractivity contribution < 1.29 is 18.5 Å². The minimum Gasteiger partial charge on any atom is -0.378 e. The van der Waals surface area contributed by atoms with E-state index in [1.54, 1.807) is 0 Å². The van der Waals surface area contributed by atoms with E-state index in [9.17, 15) is 9.00 Å². The van der Waals surface area contributed by atoms with E-state index >= 15 is 0 Å². The summed E-state index contributed by atoms with van der Waals surface area (Å²) in [5.41, 5.74) is -0.319. The number of morpholine rings is 1. The minimum absolute atomic E-state index is 0.00902. The molecule has 3 rings (SSSR count). The second-order valence-electron chi connectivity index (χ2n) is 6.89. The Kier molecular flexibility index (Phi) is 4.99. The summed E-state index contributed by atoms with van der Waals surface area (Å²) >= 11 is 0. The van der Waals surface area contributed by atoms with Crippen molar-refractivity contribution in [1.82, 2.24) is 4.90 Å². The number of ether oxygens (including phenoxy) is 2. The standard InChI is InChI=1S/C16H28N2O4S/c1-3-17-23(20)10-5-16(6-11-23)12-18(7-9-22-16)15(19)14-4-8-21-13(14)2/h13-14H,3-12H2,1-2H3. The smallest absolute Gasteiger partial charge is 0.228 e. The van der Waals surface area contributed by atoms with Crippen molar-refractivity contribution in [2.75, 3.05) is 44.4 Å². The normalized spacial score (nSPS) is 41.2. The van der Waals surface area contributed by atoms with Crippen LogP contribution in [0.25, 0.3) is 0 Å². The zero-order chi connectivity index (χ0) is 16.5. The Labute approximate surface area is 139 Å². The first-order valence-electron chi connectivity index (χ1n) is 8.70. The summed E-state index contributed by atoms with van der Waals surface area (Å²) in [5, 5.41) is 0. The van der Waals surface area contributed by atoms with E-state index in [2.05, 4.69) is 4.36 Å². The summed E-state index contributed by atoms with van der Waals surface area (Å²) in [6, 6.07) is 0. The summed E-state index contributed by atoms with van der Waals surface area (Å²) in [7, 11) is -2.06. The molecule has 7 heteroatoms. The number of amides is 1. The van der Waals surface area contributed by atoms with Crippen LogP contribution in [0.2, 0.25) is 0 Å². The van der Waals surface area contributed by atoms with Gasteiger partial charge < -0.3 is 14.4 Å². The fourth-order valence-electron chi connectivity index (χ4n) is 3.91. The molecule has 2 atom stereocenters. The van der Waals surface area contributed by atoms with Gasteiger partial charge in [0, 0.05) is 47.5 Å². The Morgan fingerprint density at radius 1 is 1.35 bits per heavy atom. The van der Waals surface area contributed by atoms with Crippen LogP contribution >= 0.6 is 0 Å². The lowest BCUT2D eigenvalue weighted by atomic mass is 9.92. The predicted octanol–water partition coefficient (Wildman–Crippen LogP) is 1.29. The highest BCUT2D eigenvalue weighted by Gasteiger charge is 2.44. The van der Waals surface area contributed by atoms with Gasteiger partial charge in [-0.15, -0.1) is 0 Å². The van der Waals surface area contributed by atoms with Crippen LogP contribution in [0.1, 0.15) is 33.1 Å². The van der Waals surface area contributed by atoms with Gasteiger partial charge in [0.2, 0.25) is 5.91 Å².